The molecule has 1 aromatic rings. The van der Waals surface area contributed by atoms with Gasteiger partial charge in [-0.05, 0) is 23.5 Å². The van der Waals surface area contributed by atoms with Crippen LogP contribution in [0.25, 0.3) is 0 Å². The summed E-state index contributed by atoms with van der Waals surface area (Å²) in [6, 6.07) is 8.70. The minimum absolute atomic E-state index is 0.620. The number of hydrogen-bond donors (Lipinski definition) is 0. The van der Waals surface area contributed by atoms with Gasteiger partial charge in [0, 0.05) is 5.88 Å². The Hall–Kier alpha value is -0.490. The highest BCUT2D eigenvalue weighted by Gasteiger charge is 1.97. The summed E-state index contributed by atoms with van der Waals surface area (Å²) in [5, 5.41) is 0. The highest BCUT2D eigenvalue weighted by Crippen LogP contribution is 2.14. The topological polar surface area (TPSA) is 0 Å². The summed E-state index contributed by atoms with van der Waals surface area (Å²) in [5.74, 6) is 1.33. The van der Waals surface area contributed by atoms with Gasteiger partial charge in [0.05, 0.1) is 0 Å². The van der Waals surface area contributed by atoms with Crippen molar-refractivity contribution in [3.05, 3.63) is 35.4 Å². The Morgan fingerprint density at radius 2 is 1.75 bits per heavy atom. The molecule has 0 radical (unpaired) electrons. The van der Waals surface area contributed by atoms with Gasteiger partial charge >= 0.3 is 0 Å². The van der Waals surface area contributed by atoms with Crippen LogP contribution in [0, 0.1) is 0 Å². The van der Waals surface area contributed by atoms with Crippen molar-refractivity contribution >= 4 is 11.6 Å². The van der Waals surface area contributed by atoms with Gasteiger partial charge in [0.25, 0.3) is 0 Å². The summed E-state index contributed by atoms with van der Waals surface area (Å²) in [6.07, 6.45) is 0.972. The largest absolute Gasteiger partial charge is 0.126 e. The fourth-order valence-corrected chi connectivity index (χ4v) is 1.40. The second kappa shape index (κ2) is 4.51. The lowest BCUT2D eigenvalue weighted by Gasteiger charge is -2.05. The maximum atomic E-state index is 5.64. The van der Waals surface area contributed by atoms with Crippen molar-refractivity contribution in [2.75, 3.05) is 5.88 Å². The van der Waals surface area contributed by atoms with Crippen LogP contribution in [0.2, 0.25) is 0 Å². The van der Waals surface area contributed by atoms with Crippen LogP contribution in [0.5, 0.6) is 0 Å². The molecule has 1 heteroatoms. The van der Waals surface area contributed by atoms with Gasteiger partial charge in [0.15, 0.2) is 0 Å². The van der Waals surface area contributed by atoms with Crippen LogP contribution in [-0.2, 0) is 6.42 Å². The van der Waals surface area contributed by atoms with E-state index in [1.807, 2.05) is 0 Å². The Bertz CT molecular complexity index is 223. The highest BCUT2D eigenvalue weighted by atomic mass is 35.5. The lowest BCUT2D eigenvalue weighted by Crippen LogP contribution is -1.89. The highest BCUT2D eigenvalue weighted by molar-refractivity contribution is 6.17. The first-order valence-electron chi connectivity index (χ1n) is 4.39. The standard InChI is InChI=1S/C11H15Cl/c1-9(2)11-5-3-10(4-6-11)7-8-12/h3-6,9H,7-8H2,1-2H3. The molecule has 0 aliphatic carbocycles. The third-order valence-electron chi connectivity index (χ3n) is 2.03. The van der Waals surface area contributed by atoms with E-state index in [-0.39, 0.29) is 0 Å². The number of alkyl halides is 1. The molecular weight excluding hydrogens is 168 g/mol. The second-order valence-electron chi connectivity index (χ2n) is 3.34. The van der Waals surface area contributed by atoms with Gasteiger partial charge in [-0.25, -0.2) is 0 Å². The summed E-state index contributed by atoms with van der Waals surface area (Å²) in [5.41, 5.74) is 2.72. The normalized spacial score (nSPS) is 10.7. The maximum absolute atomic E-state index is 5.64. The summed E-state index contributed by atoms with van der Waals surface area (Å²) in [6.45, 7) is 4.41. The summed E-state index contributed by atoms with van der Waals surface area (Å²) >= 11 is 5.64. The van der Waals surface area contributed by atoms with Gasteiger partial charge in [-0.2, -0.15) is 0 Å². The molecule has 0 atom stereocenters. The molecule has 0 aromatic heterocycles. The zero-order valence-electron chi connectivity index (χ0n) is 7.68. The van der Waals surface area contributed by atoms with Crippen LogP contribution in [0.3, 0.4) is 0 Å². The molecule has 66 valence electrons. The molecule has 0 fully saturated rings. The van der Waals surface area contributed by atoms with E-state index in [0.717, 1.165) is 6.42 Å². The van der Waals surface area contributed by atoms with Gasteiger partial charge in [-0.15, -0.1) is 11.6 Å². The molecule has 0 unspecified atom stereocenters. The first-order chi connectivity index (χ1) is 5.74. The molecule has 0 aliphatic heterocycles. The molecule has 0 saturated heterocycles. The number of rotatable bonds is 3. The summed E-state index contributed by atoms with van der Waals surface area (Å²) in [4.78, 5) is 0. The van der Waals surface area contributed by atoms with Crippen molar-refractivity contribution in [2.24, 2.45) is 0 Å². The van der Waals surface area contributed by atoms with Gasteiger partial charge in [-0.1, -0.05) is 38.1 Å². The fourth-order valence-electron chi connectivity index (χ4n) is 1.18. The van der Waals surface area contributed by atoms with Crippen LogP contribution in [0.4, 0.5) is 0 Å². The zero-order chi connectivity index (χ0) is 8.97. The van der Waals surface area contributed by atoms with Crippen molar-refractivity contribution in [1.29, 1.82) is 0 Å². The van der Waals surface area contributed by atoms with E-state index in [1.54, 1.807) is 0 Å². The lowest BCUT2D eigenvalue weighted by molar-refractivity contribution is 0.865. The Balaban J connectivity index is 2.71. The van der Waals surface area contributed by atoms with Crippen LogP contribution >= 0.6 is 11.6 Å². The van der Waals surface area contributed by atoms with Gasteiger partial charge in [-0.3, -0.25) is 0 Å². The van der Waals surface area contributed by atoms with Gasteiger partial charge in [0.2, 0.25) is 0 Å². The third-order valence-corrected chi connectivity index (χ3v) is 2.22. The second-order valence-corrected chi connectivity index (χ2v) is 3.71. The third kappa shape index (κ3) is 2.53. The Morgan fingerprint density at radius 3 is 2.17 bits per heavy atom. The molecule has 0 heterocycles. The van der Waals surface area contributed by atoms with E-state index in [4.69, 9.17) is 11.6 Å². The Labute approximate surface area is 79.6 Å². The van der Waals surface area contributed by atoms with E-state index < -0.39 is 0 Å². The first kappa shape index (κ1) is 9.60. The summed E-state index contributed by atoms with van der Waals surface area (Å²) < 4.78 is 0. The summed E-state index contributed by atoms with van der Waals surface area (Å²) in [7, 11) is 0. The number of aryl methyl sites for hydroxylation is 1. The Kier molecular flexibility index (Phi) is 3.61. The maximum Gasteiger partial charge on any atom is 0.0263 e. The molecule has 1 rings (SSSR count). The van der Waals surface area contributed by atoms with Crippen molar-refractivity contribution in [3.8, 4) is 0 Å². The molecule has 0 aliphatic rings. The van der Waals surface area contributed by atoms with E-state index >= 15 is 0 Å². The zero-order valence-corrected chi connectivity index (χ0v) is 8.43. The van der Waals surface area contributed by atoms with Crippen molar-refractivity contribution in [2.45, 2.75) is 26.2 Å². The average Bonchev–Trinajstić information content (AvgIpc) is 2.06. The molecule has 0 N–H and O–H groups in total. The molecule has 0 bridgehead atoms. The van der Waals surface area contributed by atoms with E-state index in [2.05, 4.69) is 38.1 Å². The minimum Gasteiger partial charge on any atom is -0.126 e. The molecule has 0 nitrogen and oxygen atoms in total. The first-order valence-corrected chi connectivity index (χ1v) is 4.92. The molecule has 12 heavy (non-hydrogen) atoms. The van der Waals surface area contributed by atoms with Crippen LogP contribution in [0.15, 0.2) is 24.3 Å². The molecule has 1 aromatic carbocycles. The quantitative estimate of drug-likeness (QED) is 0.627. The van der Waals surface area contributed by atoms with Crippen molar-refractivity contribution < 1.29 is 0 Å². The van der Waals surface area contributed by atoms with E-state index in [0.29, 0.717) is 11.8 Å². The molecule has 0 saturated carbocycles. The van der Waals surface area contributed by atoms with Crippen molar-refractivity contribution in [3.63, 3.8) is 0 Å². The predicted octanol–water partition coefficient (Wildman–Crippen LogP) is 3.59. The Morgan fingerprint density at radius 1 is 1.17 bits per heavy atom. The fraction of sp³-hybridized carbons (Fsp3) is 0.455. The molecule has 0 spiro atoms. The average molecular weight is 183 g/mol. The predicted molar refractivity (Wildman–Crippen MR) is 55.0 cm³/mol. The number of benzene rings is 1. The van der Waals surface area contributed by atoms with Crippen LogP contribution < -0.4 is 0 Å². The lowest BCUT2D eigenvalue weighted by atomic mass is 10.0. The van der Waals surface area contributed by atoms with E-state index in [1.165, 1.54) is 11.1 Å². The SMILES string of the molecule is CC(C)c1ccc(CCCl)cc1. The minimum atomic E-state index is 0.620. The molecule has 0 amide bonds. The van der Waals surface area contributed by atoms with Gasteiger partial charge in [0.1, 0.15) is 0 Å². The number of hydrogen-bond acceptors (Lipinski definition) is 0. The van der Waals surface area contributed by atoms with E-state index in [9.17, 15) is 0 Å². The van der Waals surface area contributed by atoms with Crippen LogP contribution in [0.1, 0.15) is 30.9 Å². The number of halogens is 1. The van der Waals surface area contributed by atoms with Crippen LogP contribution in [-0.4, -0.2) is 5.88 Å². The monoisotopic (exact) mass is 182 g/mol. The van der Waals surface area contributed by atoms with Gasteiger partial charge < -0.3 is 0 Å². The van der Waals surface area contributed by atoms with Crippen molar-refractivity contribution in [1.82, 2.24) is 0 Å². The molecular formula is C11H15Cl. The smallest absolute Gasteiger partial charge is 0.0263 e.